The molecule has 1 heterocycles. The topological polar surface area (TPSA) is 138 Å². The summed E-state index contributed by atoms with van der Waals surface area (Å²) in [7, 11) is 2.65. The van der Waals surface area contributed by atoms with Crippen LogP contribution in [0.1, 0.15) is 23.5 Å². The zero-order valence-corrected chi connectivity index (χ0v) is 19.7. The maximum Gasteiger partial charge on any atom is 0.406 e. The van der Waals surface area contributed by atoms with Crippen molar-refractivity contribution < 1.29 is 52.3 Å². The first-order chi connectivity index (χ1) is 17.1. The van der Waals surface area contributed by atoms with Crippen molar-refractivity contribution >= 4 is 11.8 Å². The molecule has 0 aromatic heterocycles. The van der Waals surface area contributed by atoms with Gasteiger partial charge in [0.2, 0.25) is 11.8 Å². The summed E-state index contributed by atoms with van der Waals surface area (Å²) in [6, 6.07) is 1.50. The smallest absolute Gasteiger partial charge is 0.406 e. The summed E-state index contributed by atoms with van der Waals surface area (Å²) in [6.07, 6.45) is -6.92. The van der Waals surface area contributed by atoms with E-state index in [0.717, 1.165) is 6.08 Å². The van der Waals surface area contributed by atoms with Crippen molar-refractivity contribution in [2.45, 2.75) is 43.4 Å². The van der Waals surface area contributed by atoms with Gasteiger partial charge in [-0.2, -0.15) is 13.2 Å². The molecular weight excluding hydrogens is 489 g/mol. The first-order valence-electron chi connectivity index (χ1n) is 11.2. The quantitative estimate of drug-likeness (QED) is 0.346. The Kier molecular flexibility index (Phi) is 8.82. The highest BCUT2D eigenvalue weighted by atomic mass is 19.4. The van der Waals surface area contributed by atoms with Crippen LogP contribution < -0.4 is 14.8 Å². The van der Waals surface area contributed by atoms with E-state index >= 15 is 0 Å². The highest BCUT2D eigenvalue weighted by Crippen LogP contribution is 2.51. The third kappa shape index (κ3) is 5.75. The zero-order chi connectivity index (χ0) is 26.6. The van der Waals surface area contributed by atoms with Gasteiger partial charge in [-0.1, -0.05) is 0 Å². The van der Waals surface area contributed by atoms with Crippen molar-refractivity contribution in [1.82, 2.24) is 10.2 Å². The largest absolute Gasteiger partial charge is 0.493 e. The maximum atomic E-state index is 13.5. The van der Waals surface area contributed by atoms with Crippen LogP contribution in [-0.2, 0) is 20.9 Å². The van der Waals surface area contributed by atoms with Gasteiger partial charge in [0, 0.05) is 24.8 Å². The van der Waals surface area contributed by atoms with Crippen LogP contribution in [-0.4, -0.2) is 97.0 Å². The van der Waals surface area contributed by atoms with Crippen molar-refractivity contribution in [2.75, 3.05) is 40.5 Å². The number of rotatable bonds is 10. The molecule has 0 radical (unpaired) electrons. The van der Waals surface area contributed by atoms with E-state index in [1.54, 1.807) is 6.07 Å². The molecule has 0 unspecified atom stereocenters. The number of hydrogen-bond acceptors (Lipinski definition) is 8. The number of aliphatic hydroxyl groups excluding tert-OH is 3. The van der Waals surface area contributed by atoms with E-state index in [1.807, 2.05) is 0 Å². The molecule has 3 rings (SSSR count). The number of alkyl halides is 3. The highest BCUT2D eigenvalue weighted by Gasteiger charge is 2.52. The Morgan fingerprint density at radius 3 is 2.53 bits per heavy atom. The van der Waals surface area contributed by atoms with Gasteiger partial charge in [-0.05, 0) is 23.8 Å². The summed E-state index contributed by atoms with van der Waals surface area (Å²) in [5, 5.41) is 32.4. The molecule has 2 aliphatic rings. The van der Waals surface area contributed by atoms with Crippen molar-refractivity contribution in [3.8, 4) is 11.5 Å². The van der Waals surface area contributed by atoms with E-state index in [9.17, 15) is 33.0 Å². The minimum absolute atomic E-state index is 0.0497. The Balaban J connectivity index is 2.13. The Bertz CT molecular complexity index is 1000. The Hall–Kier alpha value is -2.87. The van der Waals surface area contributed by atoms with Gasteiger partial charge in [-0.25, -0.2) is 0 Å². The van der Waals surface area contributed by atoms with Gasteiger partial charge in [0.25, 0.3) is 0 Å². The lowest BCUT2D eigenvalue weighted by Gasteiger charge is -2.40. The number of aliphatic hydroxyl groups is 3. The Morgan fingerprint density at radius 2 is 1.94 bits per heavy atom. The number of hydrogen-bond donors (Lipinski definition) is 4. The molecule has 200 valence electrons. The van der Waals surface area contributed by atoms with Gasteiger partial charge in [0.1, 0.15) is 18.8 Å². The number of carbonyl (C=O) groups excluding carboxylic acids is 2. The summed E-state index contributed by atoms with van der Waals surface area (Å²) >= 11 is 0. The number of halogens is 3. The second-order valence-electron chi connectivity index (χ2n) is 8.40. The van der Waals surface area contributed by atoms with Gasteiger partial charge >= 0.3 is 6.18 Å². The number of fused-ring (bicyclic) bond motifs is 3. The molecule has 1 aliphatic carbocycles. The molecule has 4 N–H and O–H groups in total. The van der Waals surface area contributed by atoms with E-state index in [-0.39, 0.29) is 49.9 Å². The van der Waals surface area contributed by atoms with E-state index in [0.29, 0.717) is 16.0 Å². The summed E-state index contributed by atoms with van der Waals surface area (Å²) in [5.74, 6) is -2.21. The van der Waals surface area contributed by atoms with E-state index in [4.69, 9.17) is 19.3 Å². The summed E-state index contributed by atoms with van der Waals surface area (Å²) < 4.78 is 56.4. The predicted octanol–water partition coefficient (Wildman–Crippen LogP) is 0.237. The van der Waals surface area contributed by atoms with Crippen LogP contribution in [0.15, 0.2) is 23.8 Å². The predicted molar refractivity (Wildman–Crippen MR) is 118 cm³/mol. The summed E-state index contributed by atoms with van der Waals surface area (Å²) in [4.78, 5) is 26.3. The van der Waals surface area contributed by atoms with Crippen molar-refractivity contribution in [1.29, 1.82) is 0 Å². The Labute approximate surface area is 205 Å². The Morgan fingerprint density at radius 1 is 1.22 bits per heavy atom. The molecule has 10 nitrogen and oxygen atoms in total. The van der Waals surface area contributed by atoms with E-state index < -0.39 is 48.7 Å². The molecule has 2 amide bonds. The minimum Gasteiger partial charge on any atom is -0.493 e. The van der Waals surface area contributed by atoms with E-state index in [2.05, 4.69) is 5.32 Å². The van der Waals surface area contributed by atoms with Crippen molar-refractivity contribution in [2.24, 2.45) is 0 Å². The van der Waals surface area contributed by atoms with Gasteiger partial charge in [-0.15, -0.1) is 0 Å². The molecule has 1 aromatic carbocycles. The monoisotopic (exact) mass is 518 g/mol. The molecule has 4 atom stereocenters. The fourth-order valence-electron chi connectivity index (χ4n) is 4.50. The van der Waals surface area contributed by atoms with Crippen LogP contribution in [0.25, 0.3) is 0 Å². The first kappa shape index (κ1) is 27.7. The third-order valence-electron chi connectivity index (χ3n) is 6.04. The van der Waals surface area contributed by atoms with Crippen LogP contribution in [0.4, 0.5) is 13.2 Å². The van der Waals surface area contributed by atoms with Crippen molar-refractivity contribution in [3.05, 3.63) is 34.9 Å². The number of methoxy groups -OCH3 is 2. The highest BCUT2D eigenvalue weighted by molar-refractivity contribution is 5.96. The minimum atomic E-state index is -4.79. The van der Waals surface area contributed by atoms with Crippen LogP contribution in [0, 0.1) is 0 Å². The third-order valence-corrected chi connectivity index (χ3v) is 6.04. The molecule has 36 heavy (non-hydrogen) atoms. The number of ether oxygens (including phenoxy) is 3. The van der Waals surface area contributed by atoms with Crippen molar-refractivity contribution in [3.63, 3.8) is 0 Å². The second-order valence-corrected chi connectivity index (χ2v) is 8.40. The number of amides is 2. The standard InChI is InChI=1S/C23H29F3N2O8/c1-34-6-3-17(31)28(11-23(24,25)26)15-9-14(22(33)27-4-5-29)18-13-7-12(10-30)8-16(35-2)20(13)36-21(18)19(15)32/h7-9,15,18-19,21,29-30,32H,3-6,10-11H2,1-2H3,(H,27,33)/t15-,18+,19+,21+/m1/s1. The SMILES string of the molecule is COCCC(=O)N(CC(F)(F)F)[C@@H]1C=C(C(=O)NCCO)[C@@H]2c3cc(CO)cc(OC)c3O[C@@H]2[C@H]1O. The first-order valence-corrected chi connectivity index (χ1v) is 11.2. The lowest BCUT2D eigenvalue weighted by atomic mass is 9.77. The second kappa shape index (κ2) is 11.5. The zero-order valence-electron chi connectivity index (χ0n) is 19.7. The molecular formula is C23H29F3N2O8. The molecule has 1 aliphatic heterocycles. The lowest BCUT2D eigenvalue weighted by Crippen LogP contribution is -2.57. The average Bonchev–Trinajstić information content (AvgIpc) is 3.23. The average molecular weight is 518 g/mol. The fraction of sp³-hybridized carbons (Fsp3) is 0.565. The molecule has 1 aromatic rings. The molecule has 0 saturated heterocycles. The van der Waals surface area contributed by atoms with Gasteiger partial charge in [0.15, 0.2) is 11.5 Å². The van der Waals surface area contributed by atoms with Gasteiger partial charge < -0.3 is 39.7 Å². The molecule has 0 fully saturated rings. The van der Waals surface area contributed by atoms with Gasteiger partial charge in [0.05, 0.1) is 45.3 Å². The molecule has 13 heteroatoms. The maximum absolute atomic E-state index is 13.5. The van der Waals surface area contributed by atoms with Crippen LogP contribution in [0.2, 0.25) is 0 Å². The number of benzene rings is 1. The molecule has 0 saturated carbocycles. The lowest BCUT2D eigenvalue weighted by molar-refractivity contribution is -0.170. The van der Waals surface area contributed by atoms with Crippen LogP contribution in [0.5, 0.6) is 11.5 Å². The number of carbonyl (C=O) groups is 2. The molecule has 0 bridgehead atoms. The number of nitrogens with one attached hydrogen (secondary N) is 1. The summed E-state index contributed by atoms with van der Waals surface area (Å²) in [6.45, 7) is -2.69. The van der Waals surface area contributed by atoms with Gasteiger partial charge in [-0.3, -0.25) is 9.59 Å². The number of nitrogens with zero attached hydrogens (tertiary/aromatic N) is 1. The van der Waals surface area contributed by atoms with Crippen LogP contribution >= 0.6 is 0 Å². The van der Waals surface area contributed by atoms with Crippen LogP contribution in [0.3, 0.4) is 0 Å². The normalized spacial score (nSPS) is 22.7. The summed E-state index contributed by atoms with van der Waals surface area (Å²) in [5.41, 5.74) is 0.765. The van der Waals surface area contributed by atoms with E-state index in [1.165, 1.54) is 20.3 Å². The fourth-order valence-corrected chi connectivity index (χ4v) is 4.50. The molecule has 0 spiro atoms.